The smallest absolute Gasteiger partial charge is 0.203 e. The molecule has 0 aliphatic carbocycles. The molecule has 3 aromatic heterocycles. The summed E-state index contributed by atoms with van der Waals surface area (Å²) >= 11 is 0. The second kappa shape index (κ2) is 8.63. The van der Waals surface area contributed by atoms with Gasteiger partial charge in [-0.3, -0.25) is 4.98 Å². The molecule has 1 aliphatic rings. The molecule has 4 heterocycles. The number of fused-ring (bicyclic) bond motifs is 1. The van der Waals surface area contributed by atoms with Crippen LogP contribution in [0.15, 0.2) is 53.2 Å². The van der Waals surface area contributed by atoms with Gasteiger partial charge in [0.25, 0.3) is 0 Å². The van der Waals surface area contributed by atoms with E-state index >= 15 is 0 Å². The van der Waals surface area contributed by atoms with Crippen molar-refractivity contribution in [1.82, 2.24) is 9.97 Å². The summed E-state index contributed by atoms with van der Waals surface area (Å²) in [6.07, 6.45) is 4.59. The predicted molar refractivity (Wildman–Crippen MR) is 127 cm³/mol. The largest absolute Gasteiger partial charge is 0.493 e. The monoisotopic (exact) mass is 446 g/mol. The van der Waals surface area contributed by atoms with Crippen LogP contribution in [0, 0.1) is 0 Å². The summed E-state index contributed by atoms with van der Waals surface area (Å²) in [5.41, 5.74) is 10.3. The summed E-state index contributed by atoms with van der Waals surface area (Å²) in [4.78, 5) is 11.3. The van der Waals surface area contributed by atoms with Gasteiger partial charge >= 0.3 is 0 Å². The molecule has 8 heteroatoms. The van der Waals surface area contributed by atoms with Crippen molar-refractivity contribution in [2.75, 3.05) is 39.3 Å². The first-order valence-electron chi connectivity index (χ1n) is 10.8. The van der Waals surface area contributed by atoms with Crippen molar-refractivity contribution < 1.29 is 18.6 Å². The van der Waals surface area contributed by atoms with Crippen LogP contribution in [0.25, 0.3) is 33.6 Å². The van der Waals surface area contributed by atoms with Crippen molar-refractivity contribution in [1.29, 1.82) is 0 Å². The Morgan fingerprint density at radius 3 is 2.36 bits per heavy atom. The molecule has 1 saturated heterocycles. The summed E-state index contributed by atoms with van der Waals surface area (Å²) < 4.78 is 22.7. The molecule has 1 fully saturated rings. The zero-order valence-corrected chi connectivity index (χ0v) is 18.9. The Morgan fingerprint density at radius 2 is 1.70 bits per heavy atom. The lowest BCUT2D eigenvalue weighted by Crippen LogP contribution is -2.26. The third-order valence-electron chi connectivity index (χ3n) is 5.97. The Hall–Kier alpha value is -3.78. The van der Waals surface area contributed by atoms with Crippen LogP contribution in [0.3, 0.4) is 0 Å². The number of hydrogen-bond acceptors (Lipinski definition) is 8. The normalized spacial score (nSPS) is 15.8. The number of ether oxygens (including phenoxy) is 3. The Balaban J connectivity index is 1.58. The number of furan rings is 1. The maximum Gasteiger partial charge on any atom is 0.203 e. The van der Waals surface area contributed by atoms with Crippen LogP contribution < -0.4 is 24.8 Å². The molecule has 33 heavy (non-hydrogen) atoms. The molecule has 1 aliphatic heterocycles. The average molecular weight is 447 g/mol. The molecular formula is C25H26N4O4. The standard InChI is InChI=1S/C25H26N4O4/c1-30-21-10-16(11-22(31-2)25(21)32-3)20-13-19-24(33-20)18(5-8-27-19)15-4-7-28-23(12-15)29-9-6-17(26)14-29/h4-5,7-8,10-13,17H,6,9,14,26H2,1-3H3. The van der Waals surface area contributed by atoms with E-state index in [1.807, 2.05) is 36.5 Å². The van der Waals surface area contributed by atoms with E-state index in [0.717, 1.165) is 47.5 Å². The maximum absolute atomic E-state index is 6.33. The maximum atomic E-state index is 6.33. The van der Waals surface area contributed by atoms with Crippen molar-refractivity contribution in [3.8, 4) is 39.7 Å². The fraction of sp³-hybridized carbons (Fsp3) is 0.280. The molecule has 1 unspecified atom stereocenters. The van der Waals surface area contributed by atoms with Crippen LogP contribution in [-0.2, 0) is 0 Å². The van der Waals surface area contributed by atoms with Crippen LogP contribution in [-0.4, -0.2) is 50.4 Å². The lowest BCUT2D eigenvalue weighted by Gasteiger charge is -2.17. The predicted octanol–water partition coefficient (Wildman–Crippen LogP) is 4.12. The Labute approximate surface area is 191 Å². The highest BCUT2D eigenvalue weighted by Gasteiger charge is 2.22. The number of rotatable bonds is 6. The number of nitrogens with two attached hydrogens (primary N) is 1. The van der Waals surface area contributed by atoms with E-state index in [-0.39, 0.29) is 6.04 Å². The number of pyridine rings is 2. The van der Waals surface area contributed by atoms with E-state index in [1.165, 1.54) is 0 Å². The van der Waals surface area contributed by atoms with E-state index in [2.05, 4.69) is 20.9 Å². The van der Waals surface area contributed by atoms with E-state index in [1.54, 1.807) is 27.5 Å². The first-order valence-corrected chi connectivity index (χ1v) is 10.8. The quantitative estimate of drug-likeness (QED) is 0.473. The third-order valence-corrected chi connectivity index (χ3v) is 5.97. The number of anilines is 1. The molecule has 0 amide bonds. The highest BCUT2D eigenvalue weighted by Crippen LogP contribution is 2.43. The van der Waals surface area contributed by atoms with Crippen molar-refractivity contribution in [2.24, 2.45) is 5.73 Å². The van der Waals surface area contributed by atoms with Gasteiger partial charge < -0.3 is 29.3 Å². The summed E-state index contributed by atoms with van der Waals surface area (Å²) in [6, 6.07) is 11.8. The van der Waals surface area contributed by atoms with Crippen LogP contribution >= 0.6 is 0 Å². The van der Waals surface area contributed by atoms with Crippen molar-refractivity contribution >= 4 is 16.9 Å². The molecule has 0 saturated carbocycles. The highest BCUT2D eigenvalue weighted by molar-refractivity contribution is 5.93. The average Bonchev–Trinajstić information content (AvgIpc) is 3.49. The minimum Gasteiger partial charge on any atom is -0.493 e. The Bertz CT molecular complexity index is 1280. The summed E-state index contributed by atoms with van der Waals surface area (Å²) in [5, 5.41) is 0. The minimum atomic E-state index is 0.189. The third kappa shape index (κ3) is 3.82. The Morgan fingerprint density at radius 1 is 0.939 bits per heavy atom. The fourth-order valence-corrected chi connectivity index (χ4v) is 4.29. The second-order valence-electron chi connectivity index (χ2n) is 8.00. The van der Waals surface area contributed by atoms with Gasteiger partial charge in [0, 0.05) is 48.7 Å². The molecular weight excluding hydrogens is 420 g/mol. The topological polar surface area (TPSA) is 95.9 Å². The van der Waals surface area contributed by atoms with Crippen LogP contribution in [0.1, 0.15) is 6.42 Å². The van der Waals surface area contributed by atoms with Gasteiger partial charge in [-0.25, -0.2) is 4.98 Å². The number of aromatic nitrogens is 2. The molecule has 5 rings (SSSR count). The SMILES string of the molecule is COc1cc(-c2cc3nccc(-c4ccnc(N5CCC(N)C5)c4)c3o2)cc(OC)c1OC. The molecule has 1 aromatic carbocycles. The van der Waals surface area contributed by atoms with Gasteiger partial charge in [0.05, 0.1) is 21.3 Å². The molecule has 0 radical (unpaired) electrons. The van der Waals surface area contributed by atoms with Crippen LogP contribution in [0.2, 0.25) is 0 Å². The lowest BCUT2D eigenvalue weighted by molar-refractivity contribution is 0.324. The number of methoxy groups -OCH3 is 3. The van der Waals surface area contributed by atoms with Gasteiger partial charge in [-0.2, -0.15) is 0 Å². The highest BCUT2D eigenvalue weighted by atomic mass is 16.5. The molecule has 2 N–H and O–H groups in total. The molecule has 0 bridgehead atoms. The molecule has 1 atom stereocenters. The first-order chi connectivity index (χ1) is 16.1. The van der Waals surface area contributed by atoms with Crippen LogP contribution in [0.5, 0.6) is 17.2 Å². The van der Waals surface area contributed by atoms with E-state index in [9.17, 15) is 0 Å². The molecule has 170 valence electrons. The minimum absolute atomic E-state index is 0.189. The van der Waals surface area contributed by atoms with E-state index < -0.39 is 0 Å². The van der Waals surface area contributed by atoms with Gasteiger partial charge in [-0.05, 0) is 42.3 Å². The summed E-state index contributed by atoms with van der Waals surface area (Å²) in [5.74, 6) is 3.22. The summed E-state index contributed by atoms with van der Waals surface area (Å²) in [6.45, 7) is 1.73. The first kappa shape index (κ1) is 21.1. The van der Waals surface area contributed by atoms with Crippen LogP contribution in [0.4, 0.5) is 5.82 Å². The number of benzene rings is 1. The van der Waals surface area contributed by atoms with Crippen molar-refractivity contribution in [3.63, 3.8) is 0 Å². The fourth-order valence-electron chi connectivity index (χ4n) is 4.29. The second-order valence-corrected chi connectivity index (χ2v) is 8.00. The summed E-state index contributed by atoms with van der Waals surface area (Å²) in [7, 11) is 4.76. The van der Waals surface area contributed by atoms with Gasteiger partial charge in [0.1, 0.15) is 17.1 Å². The van der Waals surface area contributed by atoms with Gasteiger partial charge in [0.15, 0.2) is 17.1 Å². The zero-order chi connectivity index (χ0) is 22.9. The van der Waals surface area contributed by atoms with Gasteiger partial charge in [-0.15, -0.1) is 0 Å². The molecule has 0 spiro atoms. The van der Waals surface area contributed by atoms with E-state index in [0.29, 0.717) is 28.6 Å². The van der Waals surface area contributed by atoms with Crippen molar-refractivity contribution in [2.45, 2.75) is 12.5 Å². The number of nitrogens with zero attached hydrogens (tertiary/aromatic N) is 3. The lowest BCUT2D eigenvalue weighted by atomic mass is 10.1. The van der Waals surface area contributed by atoms with Crippen molar-refractivity contribution in [3.05, 3.63) is 48.8 Å². The zero-order valence-electron chi connectivity index (χ0n) is 18.9. The molecule has 4 aromatic rings. The Kier molecular flexibility index (Phi) is 5.51. The molecule has 8 nitrogen and oxygen atoms in total. The number of hydrogen-bond donors (Lipinski definition) is 1. The van der Waals surface area contributed by atoms with Gasteiger partial charge in [0.2, 0.25) is 5.75 Å². The van der Waals surface area contributed by atoms with E-state index in [4.69, 9.17) is 24.4 Å². The van der Waals surface area contributed by atoms with Gasteiger partial charge in [-0.1, -0.05) is 0 Å².